The van der Waals surface area contributed by atoms with E-state index in [2.05, 4.69) is 20.3 Å². The van der Waals surface area contributed by atoms with Crippen molar-refractivity contribution in [2.45, 2.75) is 6.54 Å². The lowest BCUT2D eigenvalue weighted by atomic mass is 10.2. The summed E-state index contributed by atoms with van der Waals surface area (Å²) in [4.78, 5) is 34.5. The van der Waals surface area contributed by atoms with E-state index < -0.39 is 0 Å². The molecule has 10 heteroatoms. The van der Waals surface area contributed by atoms with Crippen LogP contribution in [0, 0.1) is 0 Å². The zero-order chi connectivity index (χ0) is 23.5. The standard InChI is InChI=1S/C24H24N6O3S/c1-33-20-9-5-8-18(14-20)25-23(32)29-12-10-28(11-13-29)16-19-15-21(31)30-24(26-19)34-22(27-30)17-6-3-2-4-7-17/h2-9,14-15H,10-13,16H2,1H3,(H,25,32). The number of fused-ring (bicyclic) bond motifs is 1. The summed E-state index contributed by atoms with van der Waals surface area (Å²) in [7, 11) is 1.60. The van der Waals surface area contributed by atoms with Crippen LogP contribution in [0.3, 0.4) is 0 Å². The van der Waals surface area contributed by atoms with Gasteiger partial charge in [0, 0.05) is 56.1 Å². The van der Waals surface area contributed by atoms with E-state index in [1.807, 2.05) is 48.5 Å². The van der Waals surface area contributed by atoms with E-state index in [4.69, 9.17) is 4.74 Å². The highest BCUT2D eigenvalue weighted by molar-refractivity contribution is 7.19. The minimum Gasteiger partial charge on any atom is -0.497 e. The fourth-order valence-electron chi connectivity index (χ4n) is 3.88. The molecule has 34 heavy (non-hydrogen) atoms. The first-order valence-electron chi connectivity index (χ1n) is 11.0. The number of nitrogens with one attached hydrogen (secondary N) is 1. The van der Waals surface area contributed by atoms with Gasteiger partial charge in [0.1, 0.15) is 10.8 Å². The largest absolute Gasteiger partial charge is 0.497 e. The number of urea groups is 1. The molecule has 1 aliphatic rings. The van der Waals surface area contributed by atoms with Crippen LogP contribution in [0.25, 0.3) is 15.5 Å². The molecule has 0 atom stereocenters. The monoisotopic (exact) mass is 476 g/mol. The molecule has 1 aliphatic heterocycles. The van der Waals surface area contributed by atoms with Gasteiger partial charge in [0.2, 0.25) is 4.96 Å². The lowest BCUT2D eigenvalue weighted by Gasteiger charge is -2.34. The zero-order valence-corrected chi connectivity index (χ0v) is 19.5. The lowest BCUT2D eigenvalue weighted by Crippen LogP contribution is -2.49. The Morgan fingerprint density at radius 1 is 1.06 bits per heavy atom. The van der Waals surface area contributed by atoms with Gasteiger partial charge in [-0.3, -0.25) is 9.69 Å². The van der Waals surface area contributed by atoms with E-state index in [0.29, 0.717) is 54.8 Å². The average Bonchev–Trinajstić information content (AvgIpc) is 3.30. The molecular formula is C24H24N6O3S. The second-order valence-corrected chi connectivity index (χ2v) is 8.93. The molecule has 2 aromatic heterocycles. The third kappa shape index (κ3) is 4.78. The Morgan fingerprint density at radius 3 is 2.62 bits per heavy atom. The Hall–Kier alpha value is -3.76. The minimum absolute atomic E-state index is 0.135. The number of piperazine rings is 1. The van der Waals surface area contributed by atoms with E-state index in [9.17, 15) is 9.59 Å². The predicted molar refractivity (Wildman–Crippen MR) is 131 cm³/mol. The van der Waals surface area contributed by atoms with Crippen LogP contribution >= 0.6 is 11.3 Å². The summed E-state index contributed by atoms with van der Waals surface area (Å²) in [5.74, 6) is 0.694. The summed E-state index contributed by atoms with van der Waals surface area (Å²) in [6, 6.07) is 18.5. The Labute approximate surface area is 200 Å². The fraction of sp³-hybridized carbons (Fsp3) is 0.250. The average molecular weight is 477 g/mol. The maximum absolute atomic E-state index is 12.6. The van der Waals surface area contributed by atoms with Gasteiger partial charge in [-0.25, -0.2) is 9.78 Å². The summed E-state index contributed by atoms with van der Waals surface area (Å²) in [6.45, 7) is 3.14. The minimum atomic E-state index is -0.185. The van der Waals surface area contributed by atoms with E-state index in [0.717, 1.165) is 10.6 Å². The van der Waals surface area contributed by atoms with Gasteiger partial charge in [0.05, 0.1) is 12.8 Å². The number of aromatic nitrogens is 3. The number of methoxy groups -OCH3 is 1. The highest BCUT2D eigenvalue weighted by Crippen LogP contribution is 2.24. The summed E-state index contributed by atoms with van der Waals surface area (Å²) in [6.07, 6.45) is 0. The van der Waals surface area contributed by atoms with Crippen LogP contribution in [0.4, 0.5) is 10.5 Å². The molecule has 0 spiro atoms. The maximum Gasteiger partial charge on any atom is 0.321 e. The van der Waals surface area contributed by atoms with Gasteiger partial charge in [0.25, 0.3) is 5.56 Å². The first-order valence-corrected chi connectivity index (χ1v) is 11.8. The van der Waals surface area contributed by atoms with Crippen molar-refractivity contribution in [3.05, 3.63) is 76.7 Å². The molecule has 0 unspecified atom stereocenters. The molecule has 1 saturated heterocycles. The van der Waals surface area contributed by atoms with Crippen LogP contribution in [0.1, 0.15) is 5.69 Å². The number of nitrogens with zero attached hydrogens (tertiary/aromatic N) is 5. The number of carbonyl (C=O) groups is 1. The number of anilines is 1. The second-order valence-electron chi connectivity index (χ2n) is 7.98. The van der Waals surface area contributed by atoms with Gasteiger partial charge in [-0.05, 0) is 12.1 Å². The second kappa shape index (κ2) is 9.62. The molecule has 0 saturated carbocycles. The van der Waals surface area contributed by atoms with Crippen LogP contribution in [-0.2, 0) is 6.54 Å². The van der Waals surface area contributed by atoms with Crippen LogP contribution in [0.5, 0.6) is 5.75 Å². The molecule has 1 fully saturated rings. The molecule has 1 N–H and O–H groups in total. The summed E-state index contributed by atoms with van der Waals surface area (Å²) >= 11 is 1.40. The van der Waals surface area contributed by atoms with Gasteiger partial charge < -0.3 is 15.0 Å². The van der Waals surface area contributed by atoms with Crippen LogP contribution < -0.4 is 15.6 Å². The third-order valence-electron chi connectivity index (χ3n) is 5.68. The number of amides is 2. The third-order valence-corrected chi connectivity index (χ3v) is 6.64. The normalized spacial score (nSPS) is 14.3. The highest BCUT2D eigenvalue weighted by Gasteiger charge is 2.22. The first kappa shape index (κ1) is 22.1. The van der Waals surface area contributed by atoms with Gasteiger partial charge in [-0.2, -0.15) is 9.61 Å². The number of carbonyl (C=O) groups excluding carboxylic acids is 1. The number of ether oxygens (including phenoxy) is 1. The maximum atomic E-state index is 12.6. The van der Waals surface area contributed by atoms with Crippen molar-refractivity contribution >= 4 is 28.0 Å². The summed E-state index contributed by atoms with van der Waals surface area (Å²) in [5.41, 5.74) is 2.18. The van der Waals surface area contributed by atoms with Crippen molar-refractivity contribution in [2.75, 3.05) is 38.6 Å². The number of hydrogen-bond donors (Lipinski definition) is 1. The molecule has 0 aliphatic carbocycles. The molecule has 2 amide bonds. The topological polar surface area (TPSA) is 92.1 Å². The predicted octanol–water partition coefficient (Wildman–Crippen LogP) is 3.18. The van der Waals surface area contributed by atoms with Crippen molar-refractivity contribution in [2.24, 2.45) is 0 Å². The van der Waals surface area contributed by atoms with Crippen LogP contribution in [-0.4, -0.2) is 63.7 Å². The van der Waals surface area contributed by atoms with Gasteiger partial charge in [0.15, 0.2) is 0 Å². The van der Waals surface area contributed by atoms with Gasteiger partial charge in [-0.15, -0.1) is 0 Å². The van der Waals surface area contributed by atoms with E-state index in [-0.39, 0.29) is 11.6 Å². The van der Waals surface area contributed by atoms with E-state index in [1.165, 1.54) is 15.9 Å². The summed E-state index contributed by atoms with van der Waals surface area (Å²) in [5, 5.41) is 8.12. The Bertz CT molecular complexity index is 1360. The molecule has 4 aromatic rings. The van der Waals surface area contributed by atoms with Crippen molar-refractivity contribution in [3.8, 4) is 16.3 Å². The van der Waals surface area contributed by atoms with Crippen LogP contribution in [0.2, 0.25) is 0 Å². The number of hydrogen-bond acceptors (Lipinski definition) is 7. The van der Waals surface area contributed by atoms with Gasteiger partial charge >= 0.3 is 6.03 Å². The van der Waals surface area contributed by atoms with E-state index in [1.54, 1.807) is 24.1 Å². The number of benzene rings is 2. The van der Waals surface area contributed by atoms with Crippen molar-refractivity contribution in [1.82, 2.24) is 24.4 Å². The van der Waals surface area contributed by atoms with Crippen molar-refractivity contribution in [3.63, 3.8) is 0 Å². The molecule has 0 bridgehead atoms. The van der Waals surface area contributed by atoms with Crippen molar-refractivity contribution in [1.29, 1.82) is 0 Å². The Kier molecular flexibility index (Phi) is 6.24. The van der Waals surface area contributed by atoms with Crippen molar-refractivity contribution < 1.29 is 9.53 Å². The van der Waals surface area contributed by atoms with E-state index >= 15 is 0 Å². The molecule has 3 heterocycles. The summed E-state index contributed by atoms with van der Waals surface area (Å²) < 4.78 is 6.57. The molecule has 174 valence electrons. The highest BCUT2D eigenvalue weighted by atomic mass is 32.1. The molecule has 0 radical (unpaired) electrons. The fourth-order valence-corrected chi connectivity index (χ4v) is 4.81. The Balaban J connectivity index is 1.21. The molecule has 9 nitrogen and oxygen atoms in total. The lowest BCUT2D eigenvalue weighted by molar-refractivity contribution is 0.142. The van der Waals surface area contributed by atoms with Crippen LogP contribution in [0.15, 0.2) is 65.5 Å². The quantitative estimate of drug-likeness (QED) is 0.476. The molecule has 2 aromatic carbocycles. The molecular weight excluding hydrogens is 452 g/mol. The zero-order valence-electron chi connectivity index (χ0n) is 18.7. The SMILES string of the molecule is COc1cccc(NC(=O)N2CCN(Cc3cc(=O)n4nc(-c5ccccc5)sc4n3)CC2)c1. The van der Waals surface area contributed by atoms with Gasteiger partial charge in [-0.1, -0.05) is 47.7 Å². The first-order chi connectivity index (χ1) is 16.6. The smallest absolute Gasteiger partial charge is 0.321 e. The number of rotatable bonds is 5. The molecule has 5 rings (SSSR count). The Morgan fingerprint density at radius 2 is 1.85 bits per heavy atom.